The number of ether oxygens (including phenoxy) is 1. The molecule has 2 N–H and O–H groups in total. The second-order valence-corrected chi connectivity index (χ2v) is 6.46. The molecule has 1 aliphatic heterocycles. The molecule has 0 aromatic heterocycles. The van der Waals surface area contributed by atoms with Gasteiger partial charge in [-0.15, -0.1) is 0 Å². The molecule has 0 saturated heterocycles. The van der Waals surface area contributed by atoms with Crippen LogP contribution in [0.3, 0.4) is 0 Å². The first kappa shape index (κ1) is 15.3. The number of hydrogen-bond acceptors (Lipinski definition) is 3. The monoisotopic (exact) mass is 309 g/mol. The summed E-state index contributed by atoms with van der Waals surface area (Å²) < 4.78 is 5.68. The zero-order chi connectivity index (χ0) is 16.6. The molecule has 3 rings (SSSR count). The average molecular weight is 309 g/mol. The molecule has 1 amide bonds. The van der Waals surface area contributed by atoms with E-state index in [-0.39, 0.29) is 11.2 Å². The van der Waals surface area contributed by atoms with Gasteiger partial charge in [-0.3, -0.25) is 9.59 Å². The molecule has 0 bridgehead atoms. The van der Waals surface area contributed by atoms with Crippen LogP contribution in [0.5, 0.6) is 5.75 Å². The van der Waals surface area contributed by atoms with Crippen molar-refractivity contribution in [3.05, 3.63) is 64.7 Å². The van der Waals surface area contributed by atoms with Gasteiger partial charge < -0.3 is 10.5 Å². The van der Waals surface area contributed by atoms with E-state index in [4.69, 9.17) is 10.5 Å². The number of hydrogen-bond donors (Lipinski definition) is 1. The normalized spacial score (nSPS) is 15.4. The van der Waals surface area contributed by atoms with Crippen molar-refractivity contribution in [2.24, 2.45) is 5.73 Å². The highest BCUT2D eigenvalue weighted by Gasteiger charge is 2.29. The quantitative estimate of drug-likeness (QED) is 0.886. The third-order valence-electron chi connectivity index (χ3n) is 4.39. The van der Waals surface area contributed by atoms with E-state index in [9.17, 15) is 9.59 Å². The van der Waals surface area contributed by atoms with Crippen LogP contribution in [-0.2, 0) is 5.41 Å². The van der Waals surface area contributed by atoms with Gasteiger partial charge in [-0.1, -0.05) is 26.0 Å². The fourth-order valence-electron chi connectivity index (χ4n) is 2.83. The Balaban J connectivity index is 1.95. The first-order chi connectivity index (χ1) is 10.9. The van der Waals surface area contributed by atoms with Gasteiger partial charge in [0.2, 0.25) is 5.91 Å². The van der Waals surface area contributed by atoms with Crippen LogP contribution < -0.4 is 10.5 Å². The minimum atomic E-state index is -0.503. The van der Waals surface area contributed by atoms with E-state index in [1.807, 2.05) is 12.1 Å². The van der Waals surface area contributed by atoms with Crippen LogP contribution in [0.1, 0.15) is 52.1 Å². The Morgan fingerprint density at radius 2 is 1.61 bits per heavy atom. The molecular formula is C19H19NO3. The molecule has 0 aliphatic carbocycles. The summed E-state index contributed by atoms with van der Waals surface area (Å²) in [5.41, 5.74) is 7.81. The summed E-state index contributed by atoms with van der Waals surface area (Å²) in [7, 11) is 0. The molecule has 0 fully saturated rings. The van der Waals surface area contributed by atoms with E-state index < -0.39 is 5.91 Å². The molecule has 0 spiro atoms. The van der Waals surface area contributed by atoms with Gasteiger partial charge in [0.25, 0.3) is 0 Å². The van der Waals surface area contributed by atoms with Crippen molar-refractivity contribution >= 4 is 11.7 Å². The van der Waals surface area contributed by atoms with Crippen LogP contribution in [0.25, 0.3) is 0 Å². The van der Waals surface area contributed by atoms with Gasteiger partial charge in [0.05, 0.1) is 6.61 Å². The maximum Gasteiger partial charge on any atom is 0.248 e. The van der Waals surface area contributed by atoms with Gasteiger partial charge in [0.1, 0.15) is 5.75 Å². The van der Waals surface area contributed by atoms with E-state index in [1.165, 1.54) is 0 Å². The third kappa shape index (κ3) is 2.84. The number of amides is 1. The lowest BCUT2D eigenvalue weighted by molar-refractivity contribution is 0.0996. The molecule has 118 valence electrons. The number of benzene rings is 2. The average Bonchev–Trinajstić information content (AvgIpc) is 2.54. The Hall–Kier alpha value is -2.62. The standard InChI is InChI=1S/C19H19NO3/c1-19(2)9-10-23-16-8-7-14(11-15(16)19)17(21)12-3-5-13(6-4-12)18(20)22/h3-8,11H,9-10H2,1-2H3,(H2,20,22). The number of primary amides is 1. The van der Waals surface area contributed by atoms with Crippen LogP contribution >= 0.6 is 0 Å². The molecule has 0 radical (unpaired) electrons. The van der Waals surface area contributed by atoms with Crippen LogP contribution in [0.2, 0.25) is 0 Å². The van der Waals surface area contributed by atoms with Gasteiger partial charge in [-0.25, -0.2) is 0 Å². The summed E-state index contributed by atoms with van der Waals surface area (Å²) in [6, 6.07) is 12.0. The fourth-order valence-corrected chi connectivity index (χ4v) is 2.83. The van der Waals surface area contributed by atoms with Crippen molar-refractivity contribution in [1.29, 1.82) is 0 Å². The number of carbonyl (C=O) groups is 2. The van der Waals surface area contributed by atoms with E-state index in [1.54, 1.807) is 30.3 Å². The van der Waals surface area contributed by atoms with Crippen LogP contribution in [-0.4, -0.2) is 18.3 Å². The highest BCUT2D eigenvalue weighted by atomic mass is 16.5. The molecule has 1 heterocycles. The van der Waals surface area contributed by atoms with E-state index in [0.717, 1.165) is 17.7 Å². The fraction of sp³-hybridized carbons (Fsp3) is 0.263. The van der Waals surface area contributed by atoms with E-state index in [0.29, 0.717) is 23.3 Å². The number of carbonyl (C=O) groups excluding carboxylic acids is 2. The van der Waals surface area contributed by atoms with Crippen molar-refractivity contribution in [2.75, 3.05) is 6.61 Å². The Labute approximate surface area is 135 Å². The summed E-state index contributed by atoms with van der Waals surface area (Å²) in [5.74, 6) is 0.267. The Bertz CT molecular complexity index is 776. The first-order valence-corrected chi connectivity index (χ1v) is 7.60. The van der Waals surface area contributed by atoms with Gasteiger partial charge >= 0.3 is 0 Å². The number of fused-ring (bicyclic) bond motifs is 1. The highest BCUT2D eigenvalue weighted by molar-refractivity contribution is 6.09. The largest absolute Gasteiger partial charge is 0.493 e. The topological polar surface area (TPSA) is 69.4 Å². The number of nitrogens with two attached hydrogens (primary N) is 1. The van der Waals surface area contributed by atoms with Gasteiger partial charge in [-0.2, -0.15) is 0 Å². The predicted molar refractivity (Wildman–Crippen MR) is 88.0 cm³/mol. The second-order valence-electron chi connectivity index (χ2n) is 6.46. The molecule has 0 unspecified atom stereocenters. The molecule has 2 aromatic carbocycles. The summed E-state index contributed by atoms with van der Waals surface area (Å²) in [4.78, 5) is 23.8. The van der Waals surface area contributed by atoms with Gasteiger partial charge in [0.15, 0.2) is 5.78 Å². The lowest BCUT2D eigenvalue weighted by atomic mass is 9.79. The Morgan fingerprint density at radius 3 is 2.26 bits per heavy atom. The summed E-state index contributed by atoms with van der Waals surface area (Å²) in [6.07, 6.45) is 0.922. The summed E-state index contributed by atoms with van der Waals surface area (Å²) in [6.45, 7) is 5.01. The van der Waals surface area contributed by atoms with E-state index in [2.05, 4.69) is 13.8 Å². The summed E-state index contributed by atoms with van der Waals surface area (Å²) in [5, 5.41) is 0. The van der Waals surface area contributed by atoms with Gasteiger partial charge in [-0.05, 0) is 42.2 Å². The molecule has 1 aliphatic rings. The predicted octanol–water partition coefficient (Wildman–Crippen LogP) is 3.08. The molecule has 0 saturated carbocycles. The lowest BCUT2D eigenvalue weighted by Crippen LogP contribution is -2.27. The Morgan fingerprint density at radius 1 is 1.00 bits per heavy atom. The zero-order valence-corrected chi connectivity index (χ0v) is 13.3. The molecule has 0 atom stereocenters. The highest BCUT2D eigenvalue weighted by Crippen LogP contribution is 2.38. The maximum absolute atomic E-state index is 12.7. The van der Waals surface area contributed by atoms with Crippen LogP contribution in [0, 0.1) is 0 Å². The number of rotatable bonds is 3. The third-order valence-corrected chi connectivity index (χ3v) is 4.39. The zero-order valence-electron chi connectivity index (χ0n) is 13.3. The smallest absolute Gasteiger partial charge is 0.248 e. The molecular weight excluding hydrogens is 290 g/mol. The van der Waals surface area contributed by atoms with Gasteiger partial charge in [0, 0.05) is 22.3 Å². The number of ketones is 1. The molecule has 2 aromatic rings. The van der Waals surface area contributed by atoms with Crippen molar-refractivity contribution in [1.82, 2.24) is 0 Å². The Kier molecular flexibility index (Phi) is 3.68. The second kappa shape index (κ2) is 5.54. The maximum atomic E-state index is 12.7. The summed E-state index contributed by atoms with van der Waals surface area (Å²) >= 11 is 0. The SMILES string of the molecule is CC1(C)CCOc2ccc(C(=O)c3ccc(C(N)=O)cc3)cc21. The first-order valence-electron chi connectivity index (χ1n) is 7.60. The minimum Gasteiger partial charge on any atom is -0.493 e. The molecule has 4 nitrogen and oxygen atoms in total. The van der Waals surface area contributed by atoms with E-state index >= 15 is 0 Å². The lowest BCUT2D eigenvalue weighted by Gasteiger charge is -2.32. The van der Waals surface area contributed by atoms with Crippen molar-refractivity contribution in [2.45, 2.75) is 25.7 Å². The van der Waals surface area contributed by atoms with Crippen LogP contribution in [0.4, 0.5) is 0 Å². The minimum absolute atomic E-state index is 0.0142. The van der Waals surface area contributed by atoms with Crippen molar-refractivity contribution in [3.8, 4) is 5.75 Å². The van der Waals surface area contributed by atoms with Crippen molar-refractivity contribution in [3.63, 3.8) is 0 Å². The van der Waals surface area contributed by atoms with Crippen LogP contribution in [0.15, 0.2) is 42.5 Å². The molecule has 23 heavy (non-hydrogen) atoms. The molecule has 4 heteroatoms. The van der Waals surface area contributed by atoms with Crippen molar-refractivity contribution < 1.29 is 14.3 Å².